The maximum atomic E-state index is 12.0. The predicted molar refractivity (Wildman–Crippen MR) is 77.7 cm³/mol. The highest BCUT2D eigenvalue weighted by molar-refractivity contribution is 6.30. The molecule has 0 saturated carbocycles. The summed E-state index contributed by atoms with van der Waals surface area (Å²) in [6.07, 6.45) is 0. The van der Waals surface area contributed by atoms with Gasteiger partial charge in [0, 0.05) is 5.02 Å². The molecule has 0 unspecified atom stereocenters. The molecule has 0 aliphatic carbocycles. The SMILES string of the molecule is N=C(N)N(OC(=O)c1ccccc1)c1ccc(Cl)cc1. The second kappa shape index (κ2) is 6.08. The first-order valence-corrected chi connectivity index (χ1v) is 6.13. The molecule has 2 aromatic rings. The highest BCUT2D eigenvalue weighted by Gasteiger charge is 2.17. The van der Waals surface area contributed by atoms with Gasteiger partial charge in [-0.25, -0.2) is 4.79 Å². The number of rotatable bonds is 2. The zero-order chi connectivity index (χ0) is 14.5. The molecule has 2 aromatic carbocycles. The number of nitrogens with one attached hydrogen (secondary N) is 1. The fourth-order valence-corrected chi connectivity index (χ4v) is 1.65. The summed E-state index contributed by atoms with van der Waals surface area (Å²) >= 11 is 5.79. The molecule has 5 nitrogen and oxygen atoms in total. The summed E-state index contributed by atoms with van der Waals surface area (Å²) in [7, 11) is 0. The van der Waals surface area contributed by atoms with Crippen LogP contribution >= 0.6 is 11.6 Å². The second-order valence-electron chi connectivity index (χ2n) is 3.90. The number of hydrogen-bond donors (Lipinski definition) is 2. The first-order valence-electron chi connectivity index (χ1n) is 5.75. The van der Waals surface area contributed by atoms with E-state index in [1.165, 1.54) is 0 Å². The molecule has 0 spiro atoms. The largest absolute Gasteiger partial charge is 0.367 e. The summed E-state index contributed by atoms with van der Waals surface area (Å²) in [5.74, 6) is -1.01. The third-order valence-electron chi connectivity index (χ3n) is 2.46. The van der Waals surface area contributed by atoms with Crippen molar-refractivity contribution in [3.63, 3.8) is 0 Å². The summed E-state index contributed by atoms with van der Waals surface area (Å²) in [5.41, 5.74) is 6.24. The molecule has 2 rings (SSSR count). The fraction of sp³-hybridized carbons (Fsp3) is 0. The molecule has 0 fully saturated rings. The maximum Gasteiger partial charge on any atom is 0.363 e. The molecule has 0 aromatic heterocycles. The number of hydroxylamine groups is 1. The summed E-state index contributed by atoms with van der Waals surface area (Å²) in [6.45, 7) is 0. The third-order valence-corrected chi connectivity index (χ3v) is 2.72. The van der Waals surface area contributed by atoms with Crippen LogP contribution in [0.25, 0.3) is 0 Å². The van der Waals surface area contributed by atoms with Gasteiger partial charge in [-0.3, -0.25) is 5.41 Å². The Morgan fingerprint density at radius 1 is 1.10 bits per heavy atom. The van der Waals surface area contributed by atoms with Crippen molar-refractivity contribution in [3.05, 3.63) is 65.2 Å². The van der Waals surface area contributed by atoms with E-state index in [1.54, 1.807) is 54.6 Å². The van der Waals surface area contributed by atoms with Gasteiger partial charge in [0.15, 0.2) is 0 Å². The van der Waals surface area contributed by atoms with E-state index in [2.05, 4.69) is 0 Å². The van der Waals surface area contributed by atoms with Crippen molar-refractivity contribution in [2.45, 2.75) is 0 Å². The van der Waals surface area contributed by atoms with E-state index in [-0.39, 0.29) is 0 Å². The van der Waals surface area contributed by atoms with Gasteiger partial charge in [-0.05, 0) is 36.4 Å². The first kappa shape index (κ1) is 13.9. The average Bonchev–Trinajstić information content (AvgIpc) is 2.46. The molecule has 0 heterocycles. The standard InChI is InChI=1S/C14H12ClN3O2/c15-11-6-8-12(9-7-11)18(14(16)17)20-13(19)10-4-2-1-3-5-10/h1-9H,(H3,16,17). The van der Waals surface area contributed by atoms with E-state index < -0.39 is 11.9 Å². The van der Waals surface area contributed by atoms with Crippen LogP contribution in [0.3, 0.4) is 0 Å². The normalized spacial score (nSPS) is 9.85. The van der Waals surface area contributed by atoms with Crippen LogP contribution in [-0.2, 0) is 4.84 Å². The number of carbonyl (C=O) groups is 1. The Morgan fingerprint density at radius 2 is 1.70 bits per heavy atom. The molecular formula is C14H12ClN3O2. The predicted octanol–water partition coefficient (Wildman–Crippen LogP) is 2.81. The first-order chi connectivity index (χ1) is 9.58. The van der Waals surface area contributed by atoms with Gasteiger partial charge in [0.25, 0.3) is 0 Å². The summed E-state index contributed by atoms with van der Waals surface area (Å²) < 4.78 is 0. The zero-order valence-electron chi connectivity index (χ0n) is 10.4. The Morgan fingerprint density at radius 3 is 2.25 bits per heavy atom. The van der Waals surface area contributed by atoms with E-state index in [9.17, 15) is 4.79 Å². The minimum Gasteiger partial charge on any atom is -0.367 e. The van der Waals surface area contributed by atoms with Crippen LogP contribution in [0.5, 0.6) is 0 Å². The van der Waals surface area contributed by atoms with Gasteiger partial charge in [-0.1, -0.05) is 29.8 Å². The van der Waals surface area contributed by atoms with E-state index >= 15 is 0 Å². The molecular weight excluding hydrogens is 278 g/mol. The average molecular weight is 290 g/mol. The monoisotopic (exact) mass is 289 g/mol. The van der Waals surface area contributed by atoms with Crippen LogP contribution in [0.4, 0.5) is 5.69 Å². The van der Waals surface area contributed by atoms with Crippen molar-refractivity contribution in [3.8, 4) is 0 Å². The van der Waals surface area contributed by atoms with Gasteiger partial charge >= 0.3 is 5.97 Å². The molecule has 0 amide bonds. The number of anilines is 1. The number of benzene rings is 2. The van der Waals surface area contributed by atoms with E-state index in [1.807, 2.05) is 0 Å². The highest BCUT2D eigenvalue weighted by atomic mass is 35.5. The van der Waals surface area contributed by atoms with Crippen molar-refractivity contribution in [1.82, 2.24) is 0 Å². The Kier molecular flexibility index (Phi) is 4.22. The lowest BCUT2D eigenvalue weighted by atomic mass is 10.2. The Labute approximate surface area is 121 Å². The van der Waals surface area contributed by atoms with Gasteiger partial charge in [-0.15, -0.1) is 5.06 Å². The lowest BCUT2D eigenvalue weighted by Gasteiger charge is -2.20. The van der Waals surface area contributed by atoms with Crippen LogP contribution < -0.4 is 10.8 Å². The summed E-state index contributed by atoms with van der Waals surface area (Å²) in [5, 5.41) is 8.96. The van der Waals surface area contributed by atoms with Crippen molar-refractivity contribution in [2.24, 2.45) is 5.73 Å². The second-order valence-corrected chi connectivity index (χ2v) is 4.34. The van der Waals surface area contributed by atoms with Crippen LogP contribution in [0.1, 0.15) is 10.4 Å². The van der Waals surface area contributed by atoms with Gasteiger partial charge < -0.3 is 10.6 Å². The molecule has 0 bridgehead atoms. The molecule has 6 heteroatoms. The van der Waals surface area contributed by atoms with Gasteiger partial charge in [-0.2, -0.15) is 0 Å². The van der Waals surface area contributed by atoms with Crippen LogP contribution in [-0.4, -0.2) is 11.9 Å². The van der Waals surface area contributed by atoms with Crippen LogP contribution in [0, 0.1) is 5.41 Å². The van der Waals surface area contributed by atoms with Gasteiger partial charge in [0.1, 0.15) is 0 Å². The molecule has 0 atom stereocenters. The lowest BCUT2D eigenvalue weighted by Crippen LogP contribution is -2.38. The number of nitrogens with two attached hydrogens (primary N) is 1. The minimum absolute atomic E-state index is 0.368. The fourth-order valence-electron chi connectivity index (χ4n) is 1.53. The van der Waals surface area contributed by atoms with Crippen molar-refractivity contribution < 1.29 is 9.63 Å². The summed E-state index contributed by atoms with van der Waals surface area (Å²) in [4.78, 5) is 17.1. The maximum absolute atomic E-state index is 12.0. The number of halogens is 1. The topological polar surface area (TPSA) is 79.4 Å². The smallest absolute Gasteiger partial charge is 0.363 e. The minimum atomic E-state index is -0.601. The number of carbonyl (C=O) groups excluding carboxylic acids is 1. The van der Waals surface area contributed by atoms with Crippen molar-refractivity contribution in [2.75, 3.05) is 5.06 Å². The number of hydrogen-bond acceptors (Lipinski definition) is 3. The van der Waals surface area contributed by atoms with E-state index in [4.69, 9.17) is 27.6 Å². The Bertz CT molecular complexity index is 614. The highest BCUT2D eigenvalue weighted by Crippen LogP contribution is 2.18. The molecule has 0 aliphatic rings. The quantitative estimate of drug-likeness (QED) is 0.506. The molecule has 0 radical (unpaired) electrons. The molecule has 0 saturated heterocycles. The Hall–Kier alpha value is -2.53. The number of nitrogens with zero attached hydrogens (tertiary/aromatic N) is 1. The van der Waals surface area contributed by atoms with Gasteiger partial charge in [0.2, 0.25) is 5.96 Å². The Balaban J connectivity index is 2.20. The number of guanidine groups is 1. The van der Waals surface area contributed by atoms with E-state index in [0.717, 1.165) is 5.06 Å². The molecule has 0 aliphatic heterocycles. The third kappa shape index (κ3) is 3.27. The molecule has 3 N–H and O–H groups in total. The summed E-state index contributed by atoms with van der Waals surface area (Å²) in [6, 6.07) is 14.9. The zero-order valence-corrected chi connectivity index (χ0v) is 11.2. The van der Waals surface area contributed by atoms with Crippen molar-refractivity contribution >= 4 is 29.2 Å². The van der Waals surface area contributed by atoms with Gasteiger partial charge in [0.05, 0.1) is 11.3 Å². The lowest BCUT2D eigenvalue weighted by molar-refractivity contribution is 0.0515. The van der Waals surface area contributed by atoms with Crippen LogP contribution in [0.15, 0.2) is 54.6 Å². The van der Waals surface area contributed by atoms with Crippen LogP contribution in [0.2, 0.25) is 5.02 Å². The van der Waals surface area contributed by atoms with Crippen molar-refractivity contribution in [1.29, 1.82) is 5.41 Å². The molecule has 102 valence electrons. The van der Waals surface area contributed by atoms with E-state index in [0.29, 0.717) is 16.3 Å². The molecule has 20 heavy (non-hydrogen) atoms.